The summed E-state index contributed by atoms with van der Waals surface area (Å²) >= 11 is 0. The van der Waals surface area contributed by atoms with Crippen LogP contribution in [0.25, 0.3) is 6.08 Å². The van der Waals surface area contributed by atoms with Crippen LogP contribution in [0, 0.1) is 0 Å². The number of hydrogen-bond donors (Lipinski definition) is 0. The molecule has 0 aliphatic carbocycles. The van der Waals surface area contributed by atoms with Gasteiger partial charge < -0.3 is 9.15 Å². The molecule has 0 saturated carbocycles. The highest BCUT2D eigenvalue weighted by atomic mass is 16.5. The van der Waals surface area contributed by atoms with Gasteiger partial charge in [0.05, 0.1) is 12.5 Å². The predicted molar refractivity (Wildman–Crippen MR) is 34.9 cm³/mol. The van der Waals surface area contributed by atoms with E-state index >= 15 is 0 Å². The molecule has 0 atom stereocenters. The lowest BCUT2D eigenvalue weighted by molar-refractivity contribution is -0.123. The molecule has 0 bridgehead atoms. The van der Waals surface area contributed by atoms with Gasteiger partial charge in [-0.1, -0.05) is 0 Å². The minimum atomic E-state index is 0.347. The summed E-state index contributed by atoms with van der Waals surface area (Å²) in [4.78, 5) is 9.63. The third-order valence-corrected chi connectivity index (χ3v) is 0.910. The Morgan fingerprint density at radius 2 is 2.50 bits per heavy atom. The molecule has 3 nitrogen and oxygen atoms in total. The minimum Gasteiger partial charge on any atom is -0.465 e. The van der Waals surface area contributed by atoms with E-state index in [2.05, 4.69) is 4.74 Å². The molecule has 10 heavy (non-hydrogen) atoms. The molecule has 0 radical (unpaired) electrons. The molecule has 1 aromatic rings. The van der Waals surface area contributed by atoms with Gasteiger partial charge in [0.1, 0.15) is 5.76 Å². The molecule has 1 rings (SSSR count). The first kappa shape index (κ1) is 6.61. The van der Waals surface area contributed by atoms with Crippen LogP contribution >= 0.6 is 0 Å². The number of ether oxygens (including phenoxy) is 1. The van der Waals surface area contributed by atoms with Crippen molar-refractivity contribution in [2.24, 2.45) is 0 Å². The van der Waals surface area contributed by atoms with Crippen LogP contribution in [0.5, 0.6) is 0 Å². The van der Waals surface area contributed by atoms with E-state index in [1.165, 1.54) is 6.26 Å². The highest BCUT2D eigenvalue weighted by Crippen LogP contribution is 2.01. The Kier molecular flexibility index (Phi) is 2.31. The molecular formula is C7H6O3. The molecular weight excluding hydrogens is 132 g/mol. The number of carbonyl (C=O) groups is 1. The Labute approximate surface area is 57.9 Å². The monoisotopic (exact) mass is 138 g/mol. The fraction of sp³-hybridized carbons (Fsp3) is 0. The molecule has 0 unspecified atom stereocenters. The molecule has 0 aliphatic heterocycles. The van der Waals surface area contributed by atoms with Crippen molar-refractivity contribution in [1.82, 2.24) is 0 Å². The summed E-state index contributed by atoms with van der Waals surface area (Å²) in [7, 11) is 0. The van der Waals surface area contributed by atoms with Crippen LogP contribution < -0.4 is 0 Å². The van der Waals surface area contributed by atoms with E-state index in [0.717, 1.165) is 0 Å². The summed E-state index contributed by atoms with van der Waals surface area (Å²) in [6.07, 6.45) is 4.35. The zero-order valence-corrected chi connectivity index (χ0v) is 5.19. The van der Waals surface area contributed by atoms with Crippen molar-refractivity contribution in [2.45, 2.75) is 0 Å². The summed E-state index contributed by atoms with van der Waals surface area (Å²) in [5.74, 6) is 0.654. The Morgan fingerprint density at radius 1 is 1.60 bits per heavy atom. The molecule has 1 aromatic heterocycles. The van der Waals surface area contributed by atoms with Gasteiger partial charge in [0.15, 0.2) is 0 Å². The van der Waals surface area contributed by atoms with Crippen molar-refractivity contribution in [3.05, 3.63) is 30.4 Å². The lowest BCUT2D eigenvalue weighted by Gasteiger charge is -1.81. The summed E-state index contributed by atoms with van der Waals surface area (Å²) < 4.78 is 9.18. The third kappa shape index (κ3) is 1.78. The largest absolute Gasteiger partial charge is 0.465 e. The fourth-order valence-electron chi connectivity index (χ4n) is 0.525. The first-order valence-corrected chi connectivity index (χ1v) is 2.72. The van der Waals surface area contributed by atoms with Crippen molar-refractivity contribution < 1.29 is 13.9 Å². The molecule has 0 aromatic carbocycles. The smallest absolute Gasteiger partial charge is 0.297 e. The van der Waals surface area contributed by atoms with Gasteiger partial charge in [-0.2, -0.15) is 0 Å². The molecule has 3 heteroatoms. The van der Waals surface area contributed by atoms with Gasteiger partial charge in [-0.05, 0) is 12.1 Å². The van der Waals surface area contributed by atoms with E-state index < -0.39 is 0 Å². The first-order chi connectivity index (χ1) is 4.93. The maximum Gasteiger partial charge on any atom is 0.297 e. The number of furan rings is 1. The quantitative estimate of drug-likeness (QED) is 0.468. The second-order valence-electron chi connectivity index (χ2n) is 1.55. The SMILES string of the molecule is O=CO/C=C/c1ccco1. The Bertz CT molecular complexity index is 211. The maximum atomic E-state index is 9.63. The zero-order valence-electron chi connectivity index (χ0n) is 5.19. The molecule has 0 spiro atoms. The van der Waals surface area contributed by atoms with E-state index in [0.29, 0.717) is 12.2 Å². The number of rotatable bonds is 3. The fourth-order valence-corrected chi connectivity index (χ4v) is 0.525. The van der Waals surface area contributed by atoms with Crippen molar-refractivity contribution in [3.63, 3.8) is 0 Å². The summed E-state index contributed by atoms with van der Waals surface area (Å²) in [6, 6.07) is 3.51. The Hall–Kier alpha value is -1.51. The van der Waals surface area contributed by atoms with Crippen molar-refractivity contribution in [1.29, 1.82) is 0 Å². The van der Waals surface area contributed by atoms with E-state index in [-0.39, 0.29) is 0 Å². The van der Waals surface area contributed by atoms with Crippen LogP contribution in [0.3, 0.4) is 0 Å². The third-order valence-electron chi connectivity index (χ3n) is 0.910. The lowest BCUT2D eigenvalue weighted by atomic mass is 10.4. The standard InChI is InChI=1S/C7H6O3/c8-6-9-5-3-7-2-1-4-10-7/h1-6H/b5-3+. The summed E-state index contributed by atoms with van der Waals surface area (Å²) in [5.41, 5.74) is 0. The highest BCUT2D eigenvalue weighted by molar-refractivity contribution is 5.45. The van der Waals surface area contributed by atoms with Crippen molar-refractivity contribution in [3.8, 4) is 0 Å². The Balaban J connectivity index is 2.47. The molecule has 1 heterocycles. The molecule has 0 saturated heterocycles. The zero-order chi connectivity index (χ0) is 7.23. The number of hydrogen-bond acceptors (Lipinski definition) is 3. The van der Waals surface area contributed by atoms with Gasteiger partial charge in [-0.3, -0.25) is 4.79 Å². The normalized spacial score (nSPS) is 10.0. The molecule has 0 N–H and O–H groups in total. The van der Waals surface area contributed by atoms with Crippen LogP contribution in [0.4, 0.5) is 0 Å². The Morgan fingerprint density at radius 3 is 3.10 bits per heavy atom. The van der Waals surface area contributed by atoms with Gasteiger partial charge in [0, 0.05) is 6.08 Å². The first-order valence-electron chi connectivity index (χ1n) is 2.72. The van der Waals surface area contributed by atoms with E-state index in [4.69, 9.17) is 4.42 Å². The van der Waals surface area contributed by atoms with Crippen LogP contribution in [0.1, 0.15) is 5.76 Å². The average Bonchev–Trinajstić information content (AvgIpc) is 2.41. The molecule has 0 fully saturated rings. The second-order valence-corrected chi connectivity index (χ2v) is 1.55. The van der Waals surface area contributed by atoms with Crippen LogP contribution in [0.15, 0.2) is 29.1 Å². The topological polar surface area (TPSA) is 39.4 Å². The van der Waals surface area contributed by atoms with Gasteiger partial charge in [0.2, 0.25) is 0 Å². The predicted octanol–water partition coefficient (Wildman–Crippen LogP) is 1.42. The van der Waals surface area contributed by atoms with Gasteiger partial charge in [-0.25, -0.2) is 0 Å². The van der Waals surface area contributed by atoms with Crippen LogP contribution in [-0.4, -0.2) is 6.47 Å². The molecule has 0 aliphatic rings. The van der Waals surface area contributed by atoms with Gasteiger partial charge in [-0.15, -0.1) is 0 Å². The van der Waals surface area contributed by atoms with E-state index in [1.54, 1.807) is 24.5 Å². The lowest BCUT2D eigenvalue weighted by Crippen LogP contribution is -1.71. The van der Waals surface area contributed by atoms with Crippen LogP contribution in [0.2, 0.25) is 0 Å². The minimum absolute atomic E-state index is 0.347. The van der Waals surface area contributed by atoms with Gasteiger partial charge >= 0.3 is 0 Å². The van der Waals surface area contributed by atoms with E-state index in [9.17, 15) is 4.79 Å². The summed E-state index contributed by atoms with van der Waals surface area (Å²) in [6.45, 7) is 0.347. The van der Waals surface area contributed by atoms with Crippen molar-refractivity contribution in [2.75, 3.05) is 0 Å². The maximum absolute atomic E-state index is 9.63. The van der Waals surface area contributed by atoms with Crippen LogP contribution in [-0.2, 0) is 9.53 Å². The average molecular weight is 138 g/mol. The highest BCUT2D eigenvalue weighted by Gasteiger charge is 1.84. The van der Waals surface area contributed by atoms with Crippen molar-refractivity contribution >= 4 is 12.5 Å². The molecule has 0 amide bonds. The van der Waals surface area contributed by atoms with E-state index in [1.807, 2.05) is 0 Å². The summed E-state index contributed by atoms with van der Waals surface area (Å²) in [5, 5.41) is 0. The number of carbonyl (C=O) groups excluding carboxylic acids is 1. The van der Waals surface area contributed by atoms with Gasteiger partial charge in [0.25, 0.3) is 6.47 Å². The second kappa shape index (κ2) is 3.50. The molecule has 52 valence electrons.